The van der Waals surface area contributed by atoms with Crippen molar-refractivity contribution < 1.29 is 0 Å². The van der Waals surface area contributed by atoms with E-state index in [1.807, 2.05) is 18.3 Å². The average Bonchev–Trinajstić information content (AvgIpc) is 2.79. The first-order valence-corrected chi connectivity index (χ1v) is 6.14. The van der Waals surface area contributed by atoms with Gasteiger partial charge in [0, 0.05) is 17.8 Å². The summed E-state index contributed by atoms with van der Waals surface area (Å²) >= 11 is 0. The molecule has 2 heteroatoms. The number of aromatic nitrogens is 1. The summed E-state index contributed by atoms with van der Waals surface area (Å²) < 4.78 is 0. The first-order chi connectivity index (χ1) is 7.86. The average molecular weight is 216 g/mol. The molecule has 1 heterocycles. The Balaban J connectivity index is 0.000000125. The van der Waals surface area contributed by atoms with Crippen LogP contribution in [0.4, 0.5) is 0 Å². The van der Waals surface area contributed by atoms with Crippen LogP contribution in [0.3, 0.4) is 0 Å². The van der Waals surface area contributed by atoms with Crippen LogP contribution >= 0.6 is 0 Å². The van der Waals surface area contributed by atoms with Crippen molar-refractivity contribution in [2.45, 2.75) is 38.1 Å². The molecule has 0 spiro atoms. The van der Waals surface area contributed by atoms with Gasteiger partial charge >= 0.3 is 0 Å². The molecule has 1 aromatic heterocycles. The van der Waals surface area contributed by atoms with Crippen LogP contribution in [0.1, 0.15) is 32.1 Å². The third-order valence-electron chi connectivity index (χ3n) is 3.11. The second-order valence-electron chi connectivity index (χ2n) is 4.46. The molecule has 1 aliphatic rings. The smallest absolute Gasteiger partial charge is 0.0453 e. The molecule has 2 nitrogen and oxygen atoms in total. The van der Waals surface area contributed by atoms with Gasteiger partial charge in [-0.25, -0.2) is 0 Å². The summed E-state index contributed by atoms with van der Waals surface area (Å²) in [4.78, 5) is 3.12. The molecule has 3 N–H and O–H groups in total. The highest BCUT2D eigenvalue weighted by atomic mass is 14.7. The molecule has 86 valence electrons. The second-order valence-corrected chi connectivity index (χ2v) is 4.46. The van der Waals surface area contributed by atoms with Crippen LogP contribution < -0.4 is 5.73 Å². The fourth-order valence-electron chi connectivity index (χ4n) is 2.13. The number of nitrogens with two attached hydrogens (primary N) is 1. The molecule has 3 rings (SSSR count). The molecule has 0 amide bonds. The van der Waals surface area contributed by atoms with Crippen LogP contribution in [0.25, 0.3) is 10.9 Å². The molecule has 0 atom stereocenters. The summed E-state index contributed by atoms with van der Waals surface area (Å²) in [6.07, 6.45) is 8.61. The molecule has 0 aliphatic heterocycles. The zero-order chi connectivity index (χ0) is 11.2. The number of para-hydroxylation sites is 1. The van der Waals surface area contributed by atoms with Crippen LogP contribution in [0.5, 0.6) is 0 Å². The number of benzene rings is 1. The largest absolute Gasteiger partial charge is 0.361 e. The maximum absolute atomic E-state index is 5.63. The lowest BCUT2D eigenvalue weighted by Crippen LogP contribution is -2.22. The summed E-state index contributed by atoms with van der Waals surface area (Å²) in [5.74, 6) is 0. The van der Waals surface area contributed by atoms with E-state index in [9.17, 15) is 0 Å². The number of nitrogens with one attached hydrogen (secondary N) is 1. The standard InChI is InChI=1S/C8H7N.C6H13N/c1-2-4-8-7(3-1)5-6-9-8;7-6-4-2-1-3-5-6/h1-6,9H;6H,1-5,7H2. The number of hydrogen-bond acceptors (Lipinski definition) is 1. The van der Waals surface area contributed by atoms with Gasteiger partial charge in [0.25, 0.3) is 0 Å². The van der Waals surface area contributed by atoms with Crippen molar-refractivity contribution in [3.63, 3.8) is 0 Å². The third-order valence-corrected chi connectivity index (χ3v) is 3.11. The lowest BCUT2D eigenvalue weighted by Gasteiger charge is -2.15. The maximum Gasteiger partial charge on any atom is 0.0453 e. The van der Waals surface area contributed by atoms with Gasteiger partial charge in [-0.2, -0.15) is 0 Å². The zero-order valence-corrected chi connectivity index (χ0v) is 9.65. The minimum atomic E-state index is 0.536. The predicted molar refractivity (Wildman–Crippen MR) is 69.4 cm³/mol. The van der Waals surface area contributed by atoms with E-state index in [4.69, 9.17) is 5.73 Å². The minimum Gasteiger partial charge on any atom is -0.361 e. The molecule has 16 heavy (non-hydrogen) atoms. The Kier molecular flexibility index (Phi) is 4.00. The van der Waals surface area contributed by atoms with E-state index in [1.54, 1.807) is 0 Å². The fraction of sp³-hybridized carbons (Fsp3) is 0.429. The monoisotopic (exact) mass is 216 g/mol. The molecule has 0 bridgehead atoms. The van der Waals surface area contributed by atoms with Gasteiger partial charge in [0.15, 0.2) is 0 Å². The molecule has 1 fully saturated rings. The van der Waals surface area contributed by atoms with Crippen molar-refractivity contribution in [1.82, 2.24) is 4.98 Å². The predicted octanol–water partition coefficient (Wildman–Crippen LogP) is 3.45. The number of aromatic amines is 1. The van der Waals surface area contributed by atoms with Crippen molar-refractivity contribution >= 4 is 10.9 Å². The molecule has 1 aliphatic carbocycles. The van der Waals surface area contributed by atoms with Crippen LogP contribution in [-0.2, 0) is 0 Å². The minimum absolute atomic E-state index is 0.536. The van der Waals surface area contributed by atoms with E-state index in [1.165, 1.54) is 43.0 Å². The second kappa shape index (κ2) is 5.71. The Labute approximate surface area is 96.9 Å². The van der Waals surface area contributed by atoms with E-state index >= 15 is 0 Å². The molecule has 0 saturated heterocycles. The highest BCUT2D eigenvalue weighted by Gasteiger charge is 2.06. The van der Waals surface area contributed by atoms with Crippen LogP contribution in [0.15, 0.2) is 36.5 Å². The Hall–Kier alpha value is -1.28. The number of hydrogen-bond donors (Lipinski definition) is 2. The Morgan fingerprint density at radius 3 is 2.38 bits per heavy atom. The van der Waals surface area contributed by atoms with E-state index < -0.39 is 0 Å². The quantitative estimate of drug-likeness (QED) is 0.696. The zero-order valence-electron chi connectivity index (χ0n) is 9.65. The van der Waals surface area contributed by atoms with Gasteiger partial charge in [0.05, 0.1) is 0 Å². The van der Waals surface area contributed by atoms with Crippen LogP contribution in [0, 0.1) is 0 Å². The van der Waals surface area contributed by atoms with Crippen LogP contribution in [-0.4, -0.2) is 11.0 Å². The lowest BCUT2D eigenvalue weighted by atomic mass is 9.97. The van der Waals surface area contributed by atoms with Crippen LogP contribution in [0.2, 0.25) is 0 Å². The van der Waals surface area contributed by atoms with Crippen molar-refractivity contribution in [3.8, 4) is 0 Å². The van der Waals surface area contributed by atoms with Crippen molar-refractivity contribution in [3.05, 3.63) is 36.5 Å². The molecule has 1 saturated carbocycles. The highest BCUT2D eigenvalue weighted by molar-refractivity contribution is 5.78. The first kappa shape index (κ1) is 11.2. The Bertz CT molecular complexity index is 383. The molecule has 0 radical (unpaired) electrons. The number of H-pyrrole nitrogens is 1. The van der Waals surface area contributed by atoms with Crippen molar-refractivity contribution in [2.24, 2.45) is 5.73 Å². The number of fused-ring (bicyclic) bond motifs is 1. The first-order valence-electron chi connectivity index (χ1n) is 6.14. The topological polar surface area (TPSA) is 41.8 Å². The summed E-state index contributed by atoms with van der Waals surface area (Å²) in [5, 5.41) is 1.28. The molecular formula is C14H20N2. The summed E-state index contributed by atoms with van der Waals surface area (Å²) in [6, 6.07) is 10.8. The summed E-state index contributed by atoms with van der Waals surface area (Å²) in [5.41, 5.74) is 6.84. The van der Waals surface area contributed by atoms with E-state index in [0.717, 1.165) is 0 Å². The SMILES string of the molecule is NC1CCCCC1.c1ccc2[nH]ccc2c1. The Morgan fingerprint density at radius 2 is 1.75 bits per heavy atom. The normalized spacial score (nSPS) is 16.8. The van der Waals surface area contributed by atoms with Gasteiger partial charge in [0.2, 0.25) is 0 Å². The van der Waals surface area contributed by atoms with Gasteiger partial charge in [-0.1, -0.05) is 37.5 Å². The van der Waals surface area contributed by atoms with E-state index in [2.05, 4.69) is 23.2 Å². The van der Waals surface area contributed by atoms with Gasteiger partial charge in [-0.05, 0) is 30.4 Å². The number of rotatable bonds is 0. The molecule has 2 aromatic rings. The highest BCUT2D eigenvalue weighted by Crippen LogP contribution is 2.14. The van der Waals surface area contributed by atoms with Gasteiger partial charge in [-0.15, -0.1) is 0 Å². The summed E-state index contributed by atoms with van der Waals surface area (Å²) in [6.45, 7) is 0. The van der Waals surface area contributed by atoms with E-state index in [-0.39, 0.29) is 0 Å². The molecule has 1 aromatic carbocycles. The van der Waals surface area contributed by atoms with Crippen molar-refractivity contribution in [1.29, 1.82) is 0 Å². The van der Waals surface area contributed by atoms with Crippen molar-refractivity contribution in [2.75, 3.05) is 0 Å². The third kappa shape index (κ3) is 3.11. The maximum atomic E-state index is 5.63. The van der Waals surface area contributed by atoms with Gasteiger partial charge < -0.3 is 10.7 Å². The fourth-order valence-corrected chi connectivity index (χ4v) is 2.13. The Morgan fingerprint density at radius 1 is 1.00 bits per heavy atom. The molecule has 0 unspecified atom stereocenters. The molecular weight excluding hydrogens is 196 g/mol. The van der Waals surface area contributed by atoms with E-state index in [0.29, 0.717) is 6.04 Å². The van der Waals surface area contributed by atoms with Gasteiger partial charge in [-0.3, -0.25) is 0 Å². The van der Waals surface area contributed by atoms with Gasteiger partial charge in [0.1, 0.15) is 0 Å². The lowest BCUT2D eigenvalue weighted by molar-refractivity contribution is 0.441. The summed E-state index contributed by atoms with van der Waals surface area (Å²) in [7, 11) is 0.